The zero-order chi connectivity index (χ0) is 20.4. The Kier molecular flexibility index (Phi) is 5.16. The van der Waals surface area contributed by atoms with E-state index in [9.17, 15) is 9.59 Å². The van der Waals surface area contributed by atoms with Crippen molar-refractivity contribution in [1.29, 1.82) is 0 Å². The van der Waals surface area contributed by atoms with Crippen molar-refractivity contribution < 1.29 is 9.59 Å². The van der Waals surface area contributed by atoms with Crippen molar-refractivity contribution in [3.63, 3.8) is 0 Å². The summed E-state index contributed by atoms with van der Waals surface area (Å²) in [6.07, 6.45) is 3.28. The maximum atomic E-state index is 13.4. The van der Waals surface area contributed by atoms with Gasteiger partial charge in [0, 0.05) is 24.8 Å². The van der Waals surface area contributed by atoms with E-state index in [1.54, 1.807) is 15.8 Å². The molecule has 0 aliphatic carbocycles. The third-order valence-corrected chi connectivity index (χ3v) is 5.37. The summed E-state index contributed by atoms with van der Waals surface area (Å²) < 4.78 is 1.74. The Balaban J connectivity index is 1.75. The summed E-state index contributed by atoms with van der Waals surface area (Å²) in [6, 6.07) is 17.7. The molecule has 29 heavy (non-hydrogen) atoms. The van der Waals surface area contributed by atoms with Crippen molar-refractivity contribution in [3.05, 3.63) is 71.9 Å². The van der Waals surface area contributed by atoms with Gasteiger partial charge in [0.2, 0.25) is 5.91 Å². The Hall–Kier alpha value is -3.41. The molecule has 2 heterocycles. The van der Waals surface area contributed by atoms with E-state index in [-0.39, 0.29) is 17.7 Å². The maximum absolute atomic E-state index is 13.4. The number of benzene rings is 2. The third kappa shape index (κ3) is 3.92. The van der Waals surface area contributed by atoms with Crippen molar-refractivity contribution in [2.45, 2.75) is 19.8 Å². The molecule has 2 amide bonds. The molecule has 1 atom stereocenters. The lowest BCUT2D eigenvalue weighted by molar-refractivity contribution is -0.123. The second-order valence-electron chi connectivity index (χ2n) is 7.53. The minimum Gasteiger partial charge on any atom is -0.369 e. The fourth-order valence-corrected chi connectivity index (χ4v) is 3.81. The molecule has 1 aromatic heterocycles. The van der Waals surface area contributed by atoms with Crippen LogP contribution >= 0.6 is 0 Å². The van der Waals surface area contributed by atoms with Gasteiger partial charge in [-0.15, -0.1) is 0 Å². The van der Waals surface area contributed by atoms with Gasteiger partial charge >= 0.3 is 0 Å². The van der Waals surface area contributed by atoms with Crippen molar-refractivity contribution in [2.24, 2.45) is 11.7 Å². The summed E-state index contributed by atoms with van der Waals surface area (Å²) in [4.78, 5) is 26.8. The number of aryl methyl sites for hydroxylation is 1. The number of primary amides is 1. The molecular weight excluding hydrogens is 364 g/mol. The highest BCUT2D eigenvalue weighted by Gasteiger charge is 2.30. The highest BCUT2D eigenvalue weighted by atomic mass is 16.2. The van der Waals surface area contributed by atoms with Gasteiger partial charge in [-0.3, -0.25) is 9.59 Å². The molecule has 2 N–H and O–H groups in total. The number of carbonyl (C=O) groups is 2. The molecule has 1 aliphatic heterocycles. The Labute approximate surface area is 169 Å². The van der Waals surface area contributed by atoms with Crippen molar-refractivity contribution in [1.82, 2.24) is 14.7 Å². The molecule has 0 bridgehead atoms. The van der Waals surface area contributed by atoms with Gasteiger partial charge in [-0.2, -0.15) is 5.10 Å². The van der Waals surface area contributed by atoms with Crippen LogP contribution in [0.25, 0.3) is 16.9 Å². The number of carbonyl (C=O) groups excluding carboxylic acids is 2. The second kappa shape index (κ2) is 7.91. The van der Waals surface area contributed by atoms with Crippen LogP contribution in [-0.4, -0.2) is 39.6 Å². The van der Waals surface area contributed by atoms with Crippen LogP contribution in [0.4, 0.5) is 0 Å². The molecule has 0 saturated carbocycles. The van der Waals surface area contributed by atoms with E-state index in [1.807, 2.05) is 61.5 Å². The summed E-state index contributed by atoms with van der Waals surface area (Å²) in [5.41, 5.74) is 9.54. The van der Waals surface area contributed by atoms with Crippen molar-refractivity contribution in [2.75, 3.05) is 13.1 Å². The Morgan fingerprint density at radius 2 is 1.90 bits per heavy atom. The largest absolute Gasteiger partial charge is 0.369 e. The lowest BCUT2D eigenvalue weighted by atomic mass is 9.96. The van der Waals surface area contributed by atoms with Crippen LogP contribution in [-0.2, 0) is 4.79 Å². The number of nitrogens with zero attached hydrogens (tertiary/aromatic N) is 3. The van der Waals surface area contributed by atoms with Gasteiger partial charge in [-0.05, 0) is 38.0 Å². The lowest BCUT2D eigenvalue weighted by Crippen LogP contribution is -2.44. The number of hydrogen-bond acceptors (Lipinski definition) is 3. The lowest BCUT2D eigenvalue weighted by Gasteiger charge is -2.31. The van der Waals surface area contributed by atoms with Crippen LogP contribution in [0.3, 0.4) is 0 Å². The molecule has 2 aromatic carbocycles. The first-order valence-electron chi connectivity index (χ1n) is 9.83. The molecular formula is C23H24N4O2. The number of piperidine rings is 1. The van der Waals surface area contributed by atoms with E-state index >= 15 is 0 Å². The van der Waals surface area contributed by atoms with E-state index < -0.39 is 0 Å². The fourth-order valence-electron chi connectivity index (χ4n) is 3.81. The molecule has 148 valence electrons. The van der Waals surface area contributed by atoms with Gasteiger partial charge in [0.1, 0.15) is 5.69 Å². The van der Waals surface area contributed by atoms with Crippen LogP contribution in [0.5, 0.6) is 0 Å². The standard InChI is InChI=1S/C23H24N4O2/c1-16-7-5-8-17(13-16)21-20(15-27(25-21)19-10-3-2-4-11-19)23(29)26-12-6-9-18(14-26)22(24)28/h2-5,7-8,10-11,13,15,18H,6,9,12,14H2,1H3,(H2,24,28). The monoisotopic (exact) mass is 388 g/mol. The number of hydrogen-bond donors (Lipinski definition) is 1. The fraction of sp³-hybridized carbons (Fsp3) is 0.261. The smallest absolute Gasteiger partial charge is 0.257 e. The Morgan fingerprint density at radius 3 is 2.62 bits per heavy atom. The highest BCUT2D eigenvalue weighted by molar-refractivity contribution is 6.00. The van der Waals surface area contributed by atoms with E-state index in [1.165, 1.54) is 0 Å². The molecule has 1 fully saturated rings. The van der Waals surface area contributed by atoms with Crippen LogP contribution in [0, 0.1) is 12.8 Å². The number of rotatable bonds is 4. The SMILES string of the molecule is Cc1cccc(-c2nn(-c3ccccc3)cc2C(=O)N2CCCC(C(N)=O)C2)c1. The summed E-state index contributed by atoms with van der Waals surface area (Å²) >= 11 is 0. The Morgan fingerprint density at radius 1 is 1.10 bits per heavy atom. The molecule has 3 aromatic rings. The minimum absolute atomic E-state index is 0.116. The summed E-state index contributed by atoms with van der Waals surface area (Å²) in [7, 11) is 0. The molecule has 6 heteroatoms. The highest BCUT2D eigenvalue weighted by Crippen LogP contribution is 2.27. The third-order valence-electron chi connectivity index (χ3n) is 5.37. The predicted octanol–water partition coefficient (Wildman–Crippen LogP) is 3.19. The number of amides is 2. The molecule has 1 saturated heterocycles. The average Bonchev–Trinajstić information content (AvgIpc) is 3.19. The van der Waals surface area contributed by atoms with Gasteiger partial charge in [0.15, 0.2) is 0 Å². The van der Waals surface area contributed by atoms with Gasteiger partial charge in [0.05, 0.1) is 17.2 Å². The van der Waals surface area contributed by atoms with Gasteiger partial charge < -0.3 is 10.6 Å². The first-order valence-corrected chi connectivity index (χ1v) is 9.83. The quantitative estimate of drug-likeness (QED) is 0.745. The zero-order valence-electron chi connectivity index (χ0n) is 16.4. The van der Waals surface area contributed by atoms with Crippen molar-refractivity contribution in [3.8, 4) is 16.9 Å². The van der Waals surface area contributed by atoms with Gasteiger partial charge in [-0.1, -0.05) is 42.0 Å². The van der Waals surface area contributed by atoms with Gasteiger partial charge in [0.25, 0.3) is 5.91 Å². The van der Waals surface area contributed by atoms with Crippen LogP contribution < -0.4 is 5.73 Å². The van der Waals surface area contributed by atoms with Crippen molar-refractivity contribution >= 4 is 11.8 Å². The first kappa shape index (κ1) is 18.9. The molecule has 1 unspecified atom stereocenters. The van der Waals surface area contributed by atoms with Crippen LogP contribution in [0.15, 0.2) is 60.8 Å². The van der Waals surface area contributed by atoms with E-state index in [4.69, 9.17) is 10.8 Å². The molecule has 0 spiro atoms. The van der Waals surface area contributed by atoms with E-state index in [2.05, 4.69) is 0 Å². The number of aromatic nitrogens is 2. The van der Waals surface area contributed by atoms with E-state index in [0.717, 1.165) is 29.7 Å². The zero-order valence-corrected chi connectivity index (χ0v) is 16.4. The van der Waals surface area contributed by atoms with Gasteiger partial charge in [-0.25, -0.2) is 4.68 Å². The predicted molar refractivity (Wildman–Crippen MR) is 112 cm³/mol. The minimum atomic E-state index is -0.346. The summed E-state index contributed by atoms with van der Waals surface area (Å²) in [5.74, 6) is -0.754. The maximum Gasteiger partial charge on any atom is 0.257 e. The first-order chi connectivity index (χ1) is 14.0. The Bertz CT molecular complexity index is 1040. The number of likely N-dealkylation sites (tertiary alicyclic amines) is 1. The average molecular weight is 388 g/mol. The summed E-state index contributed by atoms with van der Waals surface area (Å²) in [5, 5.41) is 4.74. The van der Waals surface area contributed by atoms with Crippen LogP contribution in [0.1, 0.15) is 28.8 Å². The summed E-state index contributed by atoms with van der Waals surface area (Å²) in [6.45, 7) is 2.99. The molecule has 6 nitrogen and oxygen atoms in total. The van der Waals surface area contributed by atoms with Crippen LogP contribution in [0.2, 0.25) is 0 Å². The molecule has 0 radical (unpaired) electrons. The molecule has 1 aliphatic rings. The normalized spacial score (nSPS) is 16.6. The van der Waals surface area contributed by atoms with E-state index in [0.29, 0.717) is 24.3 Å². The second-order valence-corrected chi connectivity index (χ2v) is 7.53. The number of nitrogens with two attached hydrogens (primary N) is 1. The number of para-hydroxylation sites is 1. The topological polar surface area (TPSA) is 81.2 Å². The molecule has 4 rings (SSSR count).